The third-order valence-corrected chi connectivity index (χ3v) is 9.58. The standard InChI is InChI=1S/C37H42F3N5O3S/c1-24(2)32-22-31(47-5)18-19-33(32)45-26(4)20-21-49-36(45)42-34(46)9-7-6-8-25(3)27-10-12-28(13-11-27)35-41-23-44(43-35)29-14-16-30(17-15-29)48-37(38,39)40/h10-19,22-26H,6-9,20-21H2,1-5H3. The zero-order valence-corrected chi connectivity index (χ0v) is 29.2. The smallest absolute Gasteiger partial charge is 0.497 e. The molecular weight excluding hydrogens is 651 g/mol. The fourth-order valence-electron chi connectivity index (χ4n) is 5.81. The average molecular weight is 694 g/mol. The molecule has 1 saturated heterocycles. The van der Waals surface area contributed by atoms with Gasteiger partial charge in [-0.15, -0.1) is 18.3 Å². The number of amides is 1. The van der Waals surface area contributed by atoms with Gasteiger partial charge in [-0.2, -0.15) is 4.99 Å². The SMILES string of the molecule is COc1ccc(N2C(=NC(=O)CCCCC(C)c3ccc(-c4ncn(-c5ccc(OC(F)(F)F)cc5)n4)cc3)SCCC2C)c(C(C)C)c1. The number of amidine groups is 1. The van der Waals surface area contributed by atoms with Gasteiger partial charge < -0.3 is 14.4 Å². The molecule has 1 aliphatic rings. The number of carbonyl (C=O) groups excluding carboxylic acids is 1. The van der Waals surface area contributed by atoms with Crippen molar-refractivity contribution in [1.82, 2.24) is 14.8 Å². The Morgan fingerprint density at radius 2 is 1.73 bits per heavy atom. The lowest BCUT2D eigenvalue weighted by Crippen LogP contribution is -2.42. The van der Waals surface area contributed by atoms with Crippen LogP contribution in [0.1, 0.15) is 82.8 Å². The molecule has 1 amide bonds. The fourth-order valence-corrected chi connectivity index (χ4v) is 7.04. The van der Waals surface area contributed by atoms with Crippen LogP contribution in [0.3, 0.4) is 0 Å². The van der Waals surface area contributed by atoms with E-state index >= 15 is 0 Å². The normalized spacial score (nSPS) is 16.6. The van der Waals surface area contributed by atoms with E-state index in [0.717, 1.165) is 53.6 Å². The molecule has 0 N–H and O–H groups in total. The summed E-state index contributed by atoms with van der Waals surface area (Å²) < 4.78 is 48.3. The number of rotatable bonds is 12. The molecule has 12 heteroatoms. The summed E-state index contributed by atoms with van der Waals surface area (Å²) >= 11 is 1.65. The molecular formula is C37H42F3N5O3S. The lowest BCUT2D eigenvalue weighted by Gasteiger charge is -2.37. The van der Waals surface area contributed by atoms with Gasteiger partial charge >= 0.3 is 6.36 Å². The first-order chi connectivity index (χ1) is 23.4. The molecule has 0 spiro atoms. The van der Waals surface area contributed by atoms with E-state index in [1.807, 2.05) is 18.2 Å². The molecule has 1 fully saturated rings. The van der Waals surface area contributed by atoms with Gasteiger partial charge in [-0.05, 0) is 91.6 Å². The minimum atomic E-state index is -4.74. The Labute approximate surface area is 289 Å². The van der Waals surface area contributed by atoms with E-state index in [1.165, 1.54) is 46.4 Å². The third-order valence-electron chi connectivity index (χ3n) is 8.59. The molecule has 5 rings (SSSR count). The maximum atomic E-state index is 13.1. The zero-order chi connectivity index (χ0) is 35.1. The molecule has 1 aromatic heterocycles. The Morgan fingerprint density at radius 1 is 1.02 bits per heavy atom. The number of alkyl halides is 3. The van der Waals surface area contributed by atoms with Crippen LogP contribution in [-0.4, -0.2) is 51.1 Å². The number of hydrogen-bond donors (Lipinski definition) is 0. The summed E-state index contributed by atoms with van der Waals surface area (Å²) in [5.41, 5.74) is 4.83. The van der Waals surface area contributed by atoms with E-state index in [-0.39, 0.29) is 17.7 Å². The van der Waals surface area contributed by atoms with Gasteiger partial charge in [-0.25, -0.2) is 9.67 Å². The average Bonchev–Trinajstić information content (AvgIpc) is 3.57. The molecule has 4 aromatic rings. The highest BCUT2D eigenvalue weighted by atomic mass is 32.2. The second-order valence-electron chi connectivity index (χ2n) is 12.5. The van der Waals surface area contributed by atoms with Gasteiger partial charge in [-0.3, -0.25) is 4.79 Å². The number of halogens is 3. The predicted molar refractivity (Wildman–Crippen MR) is 189 cm³/mol. The summed E-state index contributed by atoms with van der Waals surface area (Å²) in [5.74, 6) is 2.47. The maximum absolute atomic E-state index is 13.1. The molecule has 8 nitrogen and oxygen atoms in total. The van der Waals surface area contributed by atoms with Crippen molar-refractivity contribution >= 4 is 28.5 Å². The number of thioether (sulfide) groups is 1. The maximum Gasteiger partial charge on any atom is 0.573 e. The summed E-state index contributed by atoms with van der Waals surface area (Å²) in [6, 6.07) is 19.9. The van der Waals surface area contributed by atoms with Crippen molar-refractivity contribution in [3.63, 3.8) is 0 Å². The first kappa shape index (κ1) is 36.0. The second-order valence-corrected chi connectivity index (χ2v) is 13.6. The Morgan fingerprint density at radius 3 is 2.41 bits per heavy atom. The van der Waals surface area contributed by atoms with E-state index in [9.17, 15) is 18.0 Å². The number of methoxy groups -OCH3 is 1. The van der Waals surface area contributed by atoms with Crippen LogP contribution in [0.25, 0.3) is 17.1 Å². The van der Waals surface area contributed by atoms with Crippen LogP contribution in [0.2, 0.25) is 0 Å². The molecule has 1 aliphatic heterocycles. The van der Waals surface area contributed by atoms with Gasteiger partial charge in [0.2, 0.25) is 5.91 Å². The number of aliphatic imine (C=N–C) groups is 1. The fraction of sp³-hybridized carbons (Fsp3) is 0.405. The molecule has 3 aromatic carbocycles. The van der Waals surface area contributed by atoms with Gasteiger partial charge in [0.1, 0.15) is 17.8 Å². The number of nitrogens with zero attached hydrogens (tertiary/aromatic N) is 5. The molecule has 0 aliphatic carbocycles. The number of ether oxygens (including phenoxy) is 2. The topological polar surface area (TPSA) is 81.8 Å². The highest BCUT2D eigenvalue weighted by molar-refractivity contribution is 8.14. The van der Waals surface area contributed by atoms with Gasteiger partial charge in [0.25, 0.3) is 0 Å². The van der Waals surface area contributed by atoms with Crippen molar-refractivity contribution in [3.8, 4) is 28.6 Å². The van der Waals surface area contributed by atoms with Crippen LogP contribution in [0.15, 0.2) is 78.0 Å². The summed E-state index contributed by atoms with van der Waals surface area (Å²) in [4.78, 5) is 24.3. The van der Waals surface area contributed by atoms with E-state index in [0.29, 0.717) is 29.8 Å². The second kappa shape index (κ2) is 15.9. The number of unbranched alkanes of at least 4 members (excludes halogenated alkanes) is 1. The summed E-state index contributed by atoms with van der Waals surface area (Å²) in [6.07, 6.45) is 0.805. The molecule has 2 unspecified atom stereocenters. The predicted octanol–water partition coefficient (Wildman–Crippen LogP) is 9.54. The van der Waals surface area contributed by atoms with Gasteiger partial charge in [-0.1, -0.05) is 63.2 Å². The van der Waals surface area contributed by atoms with Crippen LogP contribution < -0.4 is 14.4 Å². The summed E-state index contributed by atoms with van der Waals surface area (Å²) in [6.45, 7) is 8.69. The van der Waals surface area contributed by atoms with Crippen molar-refractivity contribution in [3.05, 3.63) is 84.2 Å². The van der Waals surface area contributed by atoms with Crippen LogP contribution >= 0.6 is 11.8 Å². The first-order valence-electron chi connectivity index (χ1n) is 16.5. The number of aromatic nitrogens is 3. The van der Waals surface area contributed by atoms with Crippen molar-refractivity contribution in [1.29, 1.82) is 0 Å². The molecule has 0 bridgehead atoms. The molecule has 260 valence electrons. The Hall–Kier alpha value is -4.32. The highest BCUT2D eigenvalue weighted by Crippen LogP contribution is 2.37. The molecule has 0 radical (unpaired) electrons. The minimum absolute atomic E-state index is 0.0873. The number of anilines is 1. The van der Waals surface area contributed by atoms with E-state index in [2.05, 4.69) is 76.7 Å². The number of benzene rings is 3. The molecule has 2 heterocycles. The van der Waals surface area contributed by atoms with Gasteiger partial charge in [0.15, 0.2) is 11.0 Å². The van der Waals surface area contributed by atoms with Crippen LogP contribution in [0.5, 0.6) is 11.5 Å². The van der Waals surface area contributed by atoms with Crippen LogP contribution in [-0.2, 0) is 4.79 Å². The summed E-state index contributed by atoms with van der Waals surface area (Å²) in [5, 5.41) is 5.26. The molecule has 49 heavy (non-hydrogen) atoms. The Kier molecular flexibility index (Phi) is 11.7. The number of carbonyl (C=O) groups is 1. The van der Waals surface area contributed by atoms with Crippen molar-refractivity contribution in [2.24, 2.45) is 4.99 Å². The van der Waals surface area contributed by atoms with Gasteiger partial charge in [0, 0.05) is 29.5 Å². The summed E-state index contributed by atoms with van der Waals surface area (Å²) in [7, 11) is 1.67. The quantitative estimate of drug-likeness (QED) is 0.137. The lowest BCUT2D eigenvalue weighted by molar-refractivity contribution is -0.274. The minimum Gasteiger partial charge on any atom is -0.497 e. The first-order valence-corrected chi connectivity index (χ1v) is 17.5. The van der Waals surface area contributed by atoms with E-state index in [4.69, 9.17) is 4.74 Å². The van der Waals surface area contributed by atoms with Crippen LogP contribution in [0, 0.1) is 0 Å². The van der Waals surface area contributed by atoms with Crippen LogP contribution in [0.4, 0.5) is 18.9 Å². The van der Waals surface area contributed by atoms with E-state index < -0.39 is 6.36 Å². The lowest BCUT2D eigenvalue weighted by atomic mass is 9.94. The largest absolute Gasteiger partial charge is 0.573 e. The monoisotopic (exact) mass is 693 g/mol. The van der Waals surface area contributed by atoms with Crippen molar-refractivity contribution in [2.75, 3.05) is 17.8 Å². The Bertz CT molecular complexity index is 1740. The van der Waals surface area contributed by atoms with E-state index in [1.54, 1.807) is 18.9 Å². The zero-order valence-electron chi connectivity index (χ0n) is 28.4. The number of hydrogen-bond acceptors (Lipinski definition) is 6. The molecule has 0 saturated carbocycles. The molecule has 2 atom stereocenters. The third kappa shape index (κ3) is 9.44. The van der Waals surface area contributed by atoms with Gasteiger partial charge in [0.05, 0.1) is 12.8 Å². The van der Waals surface area contributed by atoms with Crippen molar-refractivity contribution in [2.45, 2.75) is 84.0 Å². The Balaban J connectivity index is 1.13. The highest BCUT2D eigenvalue weighted by Gasteiger charge is 2.31. The van der Waals surface area contributed by atoms with Crippen molar-refractivity contribution < 1.29 is 27.4 Å².